The maximum atomic E-state index is 10.4. The van der Waals surface area contributed by atoms with Crippen molar-refractivity contribution in [1.82, 2.24) is 0 Å². The number of hydrogen-bond donors (Lipinski definition) is 1. The molecule has 1 heteroatoms. The van der Waals surface area contributed by atoms with Crippen molar-refractivity contribution in [2.75, 3.05) is 0 Å². The molecule has 82 valence electrons. The van der Waals surface area contributed by atoms with Crippen LogP contribution < -0.4 is 0 Å². The number of phenols is 1. The Labute approximate surface area is 101 Å². The molecule has 1 aliphatic carbocycles. The highest BCUT2D eigenvalue weighted by molar-refractivity contribution is 5.44. The Morgan fingerprint density at radius 1 is 1.33 bits per heavy atom. The summed E-state index contributed by atoms with van der Waals surface area (Å²) in [6.07, 6.45) is 2.18. The fourth-order valence-corrected chi connectivity index (χ4v) is 2.03. The second-order valence-electron chi connectivity index (χ2n) is 4.34. The molecule has 0 aromatic heterocycles. The van der Waals surface area contributed by atoms with Crippen LogP contribution in [0.5, 0.6) is 5.75 Å². The second kappa shape index (κ2) is 3.88. The van der Waals surface area contributed by atoms with Gasteiger partial charge in [-0.15, -0.1) is 0 Å². The normalized spacial score (nSPS) is 25.7. The van der Waals surface area contributed by atoms with Gasteiger partial charge in [0.1, 0.15) is 5.75 Å². The zero-order chi connectivity index (χ0) is 16.0. The first kappa shape index (κ1) is 5.38. The molecule has 0 amide bonds. The van der Waals surface area contributed by atoms with Crippen LogP contribution in [0.4, 0.5) is 0 Å². The zero-order valence-electron chi connectivity index (χ0n) is 14.8. The van der Waals surface area contributed by atoms with E-state index in [-0.39, 0.29) is 17.2 Å². The third-order valence-electron chi connectivity index (χ3n) is 3.23. The lowest BCUT2D eigenvalue weighted by Gasteiger charge is -2.16. The lowest BCUT2D eigenvalue weighted by Crippen LogP contribution is -1.99. The van der Waals surface area contributed by atoms with Gasteiger partial charge in [-0.25, -0.2) is 0 Å². The smallest absolute Gasteiger partial charge is 0.122 e. The van der Waals surface area contributed by atoms with E-state index in [2.05, 4.69) is 0 Å². The van der Waals surface area contributed by atoms with Gasteiger partial charge in [-0.05, 0) is 41.7 Å². The van der Waals surface area contributed by atoms with Crippen LogP contribution in [0, 0.1) is 5.92 Å². The monoisotopic (exact) mass is 210 g/mol. The van der Waals surface area contributed by atoms with Crippen LogP contribution in [0.25, 0.3) is 0 Å². The third kappa shape index (κ3) is 2.01. The van der Waals surface area contributed by atoms with Crippen molar-refractivity contribution in [3.63, 3.8) is 0 Å². The topological polar surface area (TPSA) is 20.2 Å². The minimum absolute atomic E-state index is 0.000000000000000444. The van der Waals surface area contributed by atoms with Crippen LogP contribution in [-0.2, 0) is 0 Å². The summed E-state index contributed by atoms with van der Waals surface area (Å²) in [5.74, 6) is -1.24. The number of aromatic hydroxyl groups is 1. The van der Waals surface area contributed by atoms with Gasteiger partial charge in [0.15, 0.2) is 0 Å². The van der Waals surface area contributed by atoms with Crippen LogP contribution in [0.2, 0.25) is 0 Å². The Balaban J connectivity index is 2.49. The molecule has 1 aromatic rings. The van der Waals surface area contributed by atoms with E-state index >= 15 is 0 Å². The van der Waals surface area contributed by atoms with Crippen molar-refractivity contribution < 1.29 is 13.3 Å². The van der Waals surface area contributed by atoms with Crippen LogP contribution in [0.1, 0.15) is 64.7 Å². The molecule has 1 nitrogen and oxygen atoms in total. The molecular formula is C14H20O. The summed E-state index contributed by atoms with van der Waals surface area (Å²) in [4.78, 5) is 0. The van der Waals surface area contributed by atoms with Gasteiger partial charge in [-0.2, -0.15) is 0 Å². The van der Waals surface area contributed by atoms with E-state index in [1.165, 1.54) is 6.07 Å². The highest BCUT2D eigenvalue weighted by Gasteiger charge is 2.30. The van der Waals surface area contributed by atoms with Crippen LogP contribution in [0.3, 0.4) is 0 Å². The van der Waals surface area contributed by atoms with Crippen molar-refractivity contribution in [3.8, 4) is 5.75 Å². The maximum Gasteiger partial charge on any atom is 0.122 e. The van der Waals surface area contributed by atoms with Gasteiger partial charge >= 0.3 is 0 Å². The summed E-state index contributed by atoms with van der Waals surface area (Å²) in [6, 6.07) is 4.79. The second-order valence-corrected chi connectivity index (χ2v) is 4.34. The van der Waals surface area contributed by atoms with E-state index in [0.717, 1.165) is 12.8 Å². The summed E-state index contributed by atoms with van der Waals surface area (Å²) in [5, 5.41) is 10.4. The Bertz CT molecular complexity index is 501. The third-order valence-corrected chi connectivity index (χ3v) is 3.23. The molecule has 2 rings (SSSR count). The minimum Gasteiger partial charge on any atom is -0.507 e. The molecule has 1 saturated carbocycles. The van der Waals surface area contributed by atoms with E-state index in [9.17, 15) is 5.11 Å². The van der Waals surface area contributed by atoms with Gasteiger partial charge in [0.2, 0.25) is 0 Å². The fourth-order valence-electron chi connectivity index (χ4n) is 2.03. The van der Waals surface area contributed by atoms with Gasteiger partial charge in [-0.3, -0.25) is 0 Å². The van der Waals surface area contributed by atoms with Gasteiger partial charge in [0.25, 0.3) is 0 Å². The first-order valence-electron chi connectivity index (χ1n) is 8.35. The molecule has 0 spiro atoms. The van der Waals surface area contributed by atoms with Crippen molar-refractivity contribution in [2.45, 2.75) is 45.3 Å². The molecular weight excluding hydrogens is 184 g/mol. The van der Waals surface area contributed by atoms with Crippen LogP contribution in [0.15, 0.2) is 18.2 Å². The van der Waals surface area contributed by atoms with Crippen molar-refractivity contribution in [1.29, 1.82) is 0 Å². The highest BCUT2D eigenvalue weighted by Crippen LogP contribution is 2.45. The maximum absolute atomic E-state index is 10.4. The lowest BCUT2D eigenvalue weighted by atomic mass is 9.90. The molecule has 0 bridgehead atoms. The van der Waals surface area contributed by atoms with Crippen molar-refractivity contribution in [3.05, 3.63) is 29.3 Å². The van der Waals surface area contributed by atoms with Gasteiger partial charge in [0, 0.05) is 8.22 Å². The Kier molecular flexibility index (Phi) is 1.39. The number of hydrogen-bond acceptors (Lipinski definition) is 1. The quantitative estimate of drug-likeness (QED) is 0.798. The van der Waals surface area contributed by atoms with Gasteiger partial charge in [-0.1, -0.05) is 38.8 Å². The Morgan fingerprint density at radius 2 is 2.00 bits per heavy atom. The summed E-state index contributed by atoms with van der Waals surface area (Å²) >= 11 is 0. The molecule has 1 fully saturated rings. The predicted molar refractivity (Wildman–Crippen MR) is 63.3 cm³/mol. The molecule has 1 unspecified atom stereocenters. The molecule has 1 aromatic carbocycles. The van der Waals surface area contributed by atoms with Gasteiger partial charge < -0.3 is 5.11 Å². The average molecular weight is 210 g/mol. The van der Waals surface area contributed by atoms with Gasteiger partial charge in [0.05, 0.1) is 0 Å². The van der Waals surface area contributed by atoms with E-state index in [0.29, 0.717) is 11.5 Å². The number of para-hydroxylation sites is 1. The molecule has 0 heterocycles. The van der Waals surface area contributed by atoms with E-state index < -0.39 is 19.6 Å². The Morgan fingerprint density at radius 3 is 2.60 bits per heavy atom. The Hall–Kier alpha value is -0.980. The first-order valence-corrected chi connectivity index (χ1v) is 5.35. The summed E-state index contributed by atoms with van der Waals surface area (Å²) in [6.45, 7) is -3.40. The van der Waals surface area contributed by atoms with Crippen LogP contribution in [-0.4, -0.2) is 5.11 Å². The van der Waals surface area contributed by atoms with Crippen molar-refractivity contribution in [2.24, 2.45) is 5.92 Å². The summed E-state index contributed by atoms with van der Waals surface area (Å²) in [7, 11) is 0. The zero-order valence-corrected chi connectivity index (χ0v) is 8.83. The molecule has 15 heavy (non-hydrogen) atoms. The van der Waals surface area contributed by atoms with E-state index in [1.807, 2.05) is 6.92 Å². The predicted octanol–water partition coefficient (Wildman–Crippen LogP) is 4.03. The molecule has 1 aliphatic rings. The molecule has 1 N–H and O–H groups in total. The summed E-state index contributed by atoms with van der Waals surface area (Å²) in [5.41, 5.74) is 0.647. The summed E-state index contributed by atoms with van der Waals surface area (Å²) < 4.78 is 45.1. The number of phenolic OH excluding ortho intramolecular Hbond substituents is 1. The minimum atomic E-state index is -2.69. The standard InChI is InChI=1S/C14H20O/c1-9(2)12-5-4-6-13(14(12)15)10(3)11-7-8-11/h4-6,9-11,15H,7-8H2,1-3H3/i1D3,2D3. The average Bonchev–Trinajstić information content (AvgIpc) is 3.11. The van der Waals surface area contributed by atoms with E-state index in [1.54, 1.807) is 12.1 Å². The fraction of sp³-hybridized carbons (Fsp3) is 0.571. The first-order chi connectivity index (χ1) is 9.53. The largest absolute Gasteiger partial charge is 0.507 e. The van der Waals surface area contributed by atoms with Crippen LogP contribution >= 0.6 is 0 Å². The molecule has 0 saturated heterocycles. The molecule has 0 radical (unpaired) electrons. The SMILES string of the molecule is [2H]C([2H])([2H])C(c1cccc(C(C)C2CC2)c1O)C([2H])([2H])[2H]. The van der Waals surface area contributed by atoms with E-state index in [4.69, 9.17) is 8.22 Å². The lowest BCUT2D eigenvalue weighted by molar-refractivity contribution is 0.448. The number of benzene rings is 1. The highest BCUT2D eigenvalue weighted by atomic mass is 16.3. The molecule has 0 aliphatic heterocycles. The molecule has 1 atom stereocenters. The van der Waals surface area contributed by atoms with Crippen molar-refractivity contribution >= 4 is 0 Å². The number of rotatable bonds is 3.